The number of nitrogens with one attached hydrogen (secondary N) is 1. The van der Waals surface area contributed by atoms with Crippen molar-refractivity contribution in [2.24, 2.45) is 5.84 Å². The molecule has 0 spiro atoms. The molecule has 1 rings (SSSR count). The number of hydrogen-bond donors (Lipinski definition) is 2. The van der Waals surface area contributed by atoms with E-state index in [2.05, 4.69) is 38.3 Å². The van der Waals surface area contributed by atoms with Gasteiger partial charge in [-0.25, -0.2) is 0 Å². The third-order valence-corrected chi connectivity index (χ3v) is 5.01. The van der Waals surface area contributed by atoms with Gasteiger partial charge in [0.2, 0.25) is 0 Å². The Labute approximate surface area is 119 Å². The molecule has 0 saturated carbocycles. The zero-order valence-corrected chi connectivity index (χ0v) is 13.2. The van der Waals surface area contributed by atoms with Gasteiger partial charge in [-0.2, -0.15) is 0 Å². The van der Waals surface area contributed by atoms with Crippen LogP contribution in [0.3, 0.4) is 0 Å². The van der Waals surface area contributed by atoms with Crippen molar-refractivity contribution >= 4 is 0 Å². The number of ether oxygens (including phenoxy) is 1. The standard InChI is InChI=1S/C15H33N3O/c1-5-15(6-2,18(3)4)14(17-16)11-7-9-13-10-8-12-19-13/h13-14,17H,5-12,16H2,1-4H3. The van der Waals surface area contributed by atoms with Crippen molar-refractivity contribution in [3.8, 4) is 0 Å². The highest BCUT2D eigenvalue weighted by Crippen LogP contribution is 2.29. The van der Waals surface area contributed by atoms with E-state index >= 15 is 0 Å². The smallest absolute Gasteiger partial charge is 0.0576 e. The molecule has 114 valence electrons. The van der Waals surface area contributed by atoms with Crippen molar-refractivity contribution in [3.63, 3.8) is 0 Å². The molecule has 0 amide bonds. The van der Waals surface area contributed by atoms with Gasteiger partial charge in [-0.3, -0.25) is 11.3 Å². The lowest BCUT2D eigenvalue weighted by Gasteiger charge is -2.45. The summed E-state index contributed by atoms with van der Waals surface area (Å²) in [5.41, 5.74) is 3.23. The minimum absolute atomic E-state index is 0.158. The Kier molecular flexibility index (Phi) is 7.29. The van der Waals surface area contributed by atoms with Gasteiger partial charge in [0, 0.05) is 18.2 Å². The van der Waals surface area contributed by atoms with Crippen molar-refractivity contribution in [3.05, 3.63) is 0 Å². The van der Waals surface area contributed by atoms with E-state index in [0.717, 1.165) is 25.9 Å². The summed E-state index contributed by atoms with van der Waals surface area (Å²) in [6.07, 6.45) is 8.68. The zero-order chi connectivity index (χ0) is 14.3. The quantitative estimate of drug-likeness (QED) is 0.499. The summed E-state index contributed by atoms with van der Waals surface area (Å²) >= 11 is 0. The van der Waals surface area contributed by atoms with Gasteiger partial charge in [0.25, 0.3) is 0 Å². The van der Waals surface area contributed by atoms with Crippen LogP contribution in [0.2, 0.25) is 0 Å². The second kappa shape index (κ2) is 8.20. The zero-order valence-electron chi connectivity index (χ0n) is 13.2. The van der Waals surface area contributed by atoms with Gasteiger partial charge in [-0.05, 0) is 59.0 Å². The van der Waals surface area contributed by atoms with Gasteiger partial charge < -0.3 is 9.64 Å². The van der Waals surface area contributed by atoms with Crippen LogP contribution in [-0.4, -0.2) is 43.3 Å². The number of hydrogen-bond acceptors (Lipinski definition) is 4. The monoisotopic (exact) mass is 271 g/mol. The molecule has 4 heteroatoms. The number of rotatable bonds is 9. The minimum Gasteiger partial charge on any atom is -0.378 e. The lowest BCUT2D eigenvalue weighted by molar-refractivity contribution is 0.0741. The second-order valence-corrected chi connectivity index (χ2v) is 5.99. The molecule has 1 heterocycles. The molecule has 1 saturated heterocycles. The molecule has 1 aliphatic heterocycles. The Morgan fingerprint density at radius 3 is 2.47 bits per heavy atom. The molecule has 1 aliphatic rings. The normalized spacial score (nSPS) is 22.1. The molecule has 0 radical (unpaired) electrons. The third-order valence-electron chi connectivity index (χ3n) is 5.01. The van der Waals surface area contributed by atoms with Crippen molar-refractivity contribution < 1.29 is 4.74 Å². The van der Waals surface area contributed by atoms with E-state index in [1.807, 2.05) is 0 Å². The van der Waals surface area contributed by atoms with Crippen LogP contribution in [0, 0.1) is 0 Å². The maximum Gasteiger partial charge on any atom is 0.0576 e. The summed E-state index contributed by atoms with van der Waals surface area (Å²) in [5, 5.41) is 0. The highest BCUT2D eigenvalue weighted by Gasteiger charge is 2.36. The summed E-state index contributed by atoms with van der Waals surface area (Å²) in [5.74, 6) is 5.83. The van der Waals surface area contributed by atoms with E-state index in [4.69, 9.17) is 10.6 Å². The van der Waals surface area contributed by atoms with Gasteiger partial charge in [0.05, 0.1) is 6.10 Å². The maximum absolute atomic E-state index is 5.83. The minimum atomic E-state index is 0.158. The van der Waals surface area contributed by atoms with Crippen LogP contribution < -0.4 is 11.3 Å². The molecular weight excluding hydrogens is 238 g/mol. The van der Waals surface area contributed by atoms with Crippen LogP contribution in [0.5, 0.6) is 0 Å². The molecule has 0 aromatic rings. The molecule has 2 atom stereocenters. The topological polar surface area (TPSA) is 50.5 Å². The SMILES string of the molecule is CCC(CC)(C(CCCC1CCCO1)NN)N(C)C. The first-order chi connectivity index (χ1) is 9.10. The predicted octanol–water partition coefficient (Wildman–Crippen LogP) is 2.29. The van der Waals surface area contributed by atoms with Crippen LogP contribution in [-0.2, 0) is 4.74 Å². The Balaban J connectivity index is 2.49. The molecular formula is C15H33N3O. The van der Waals surface area contributed by atoms with Crippen LogP contribution >= 0.6 is 0 Å². The summed E-state index contributed by atoms with van der Waals surface area (Å²) in [6, 6.07) is 0.346. The summed E-state index contributed by atoms with van der Waals surface area (Å²) in [6.45, 7) is 5.47. The highest BCUT2D eigenvalue weighted by molar-refractivity contribution is 4.96. The van der Waals surface area contributed by atoms with E-state index in [-0.39, 0.29) is 5.54 Å². The van der Waals surface area contributed by atoms with Crippen molar-refractivity contribution in [1.82, 2.24) is 10.3 Å². The first kappa shape index (κ1) is 16.9. The Morgan fingerprint density at radius 1 is 1.37 bits per heavy atom. The Hall–Kier alpha value is -0.160. The van der Waals surface area contributed by atoms with Gasteiger partial charge in [0.15, 0.2) is 0 Å². The average molecular weight is 271 g/mol. The number of nitrogens with zero attached hydrogens (tertiary/aromatic N) is 1. The third kappa shape index (κ3) is 4.15. The second-order valence-electron chi connectivity index (χ2n) is 5.99. The molecule has 1 fully saturated rings. The largest absolute Gasteiger partial charge is 0.378 e. The van der Waals surface area contributed by atoms with Crippen LogP contribution in [0.25, 0.3) is 0 Å². The van der Waals surface area contributed by atoms with Crippen molar-refractivity contribution in [1.29, 1.82) is 0 Å². The predicted molar refractivity (Wildman–Crippen MR) is 80.9 cm³/mol. The van der Waals surface area contributed by atoms with Crippen molar-refractivity contribution in [2.75, 3.05) is 20.7 Å². The van der Waals surface area contributed by atoms with E-state index < -0.39 is 0 Å². The molecule has 2 unspecified atom stereocenters. The van der Waals surface area contributed by atoms with E-state index in [1.54, 1.807) is 0 Å². The molecule has 0 aromatic heterocycles. The fourth-order valence-corrected chi connectivity index (χ4v) is 3.62. The summed E-state index contributed by atoms with van der Waals surface area (Å²) in [4.78, 5) is 2.34. The number of hydrazine groups is 1. The molecule has 0 bridgehead atoms. The average Bonchev–Trinajstić information content (AvgIpc) is 2.91. The molecule has 4 nitrogen and oxygen atoms in total. The fraction of sp³-hybridized carbons (Fsp3) is 1.00. The van der Waals surface area contributed by atoms with Gasteiger partial charge in [0.1, 0.15) is 0 Å². The van der Waals surface area contributed by atoms with Gasteiger partial charge >= 0.3 is 0 Å². The van der Waals surface area contributed by atoms with E-state index in [1.165, 1.54) is 25.7 Å². The van der Waals surface area contributed by atoms with Crippen LogP contribution in [0.15, 0.2) is 0 Å². The first-order valence-electron chi connectivity index (χ1n) is 7.85. The van der Waals surface area contributed by atoms with Crippen LogP contribution in [0.1, 0.15) is 58.8 Å². The Bertz CT molecular complexity index is 236. The summed E-state index contributed by atoms with van der Waals surface area (Å²) < 4.78 is 5.69. The Morgan fingerprint density at radius 2 is 2.05 bits per heavy atom. The lowest BCUT2D eigenvalue weighted by Crippen LogP contribution is -2.60. The first-order valence-corrected chi connectivity index (χ1v) is 7.85. The number of likely N-dealkylation sites (N-methyl/N-ethyl adjacent to an activating group) is 1. The van der Waals surface area contributed by atoms with E-state index in [0.29, 0.717) is 12.1 Å². The van der Waals surface area contributed by atoms with Gasteiger partial charge in [-0.1, -0.05) is 13.8 Å². The lowest BCUT2D eigenvalue weighted by atomic mass is 9.81. The number of nitrogens with two attached hydrogens (primary N) is 1. The molecule has 19 heavy (non-hydrogen) atoms. The molecule has 0 aliphatic carbocycles. The van der Waals surface area contributed by atoms with Crippen molar-refractivity contribution in [2.45, 2.75) is 76.5 Å². The molecule has 0 aromatic carbocycles. The van der Waals surface area contributed by atoms with E-state index in [9.17, 15) is 0 Å². The molecule has 3 N–H and O–H groups in total. The van der Waals surface area contributed by atoms with Gasteiger partial charge in [-0.15, -0.1) is 0 Å². The maximum atomic E-state index is 5.83. The summed E-state index contributed by atoms with van der Waals surface area (Å²) in [7, 11) is 4.33. The fourth-order valence-electron chi connectivity index (χ4n) is 3.62. The highest BCUT2D eigenvalue weighted by atomic mass is 16.5. The van der Waals surface area contributed by atoms with Crippen LogP contribution in [0.4, 0.5) is 0 Å².